The lowest BCUT2D eigenvalue weighted by Gasteiger charge is -2.35. The number of carbonyl (C=O) groups is 3. The topological polar surface area (TPSA) is 106 Å². The standard InChI is InChI=1S/C32H35N5O4/c1-21(37-29-12-8-7-11-28(29)34-35-37)32(40)36(26-17-13-23(14-18-26)22(2)38)30(24-15-19-27(41-3)20-16-24)31(39)33-25-9-5-4-6-10-25/h7-8,11-21,25,30H,4-6,9-10H2,1-3H3,(H,33,39). The van der Waals surface area contributed by atoms with Gasteiger partial charge in [-0.3, -0.25) is 19.3 Å². The SMILES string of the molecule is COc1ccc(C(C(=O)NC2CCCCC2)N(C(=O)C(C)n2nnc3ccccc32)c2ccc(C(C)=O)cc2)cc1. The molecule has 1 saturated carbocycles. The van der Waals surface area contributed by atoms with E-state index in [0.29, 0.717) is 33.6 Å². The Morgan fingerprint density at radius 2 is 1.63 bits per heavy atom. The summed E-state index contributed by atoms with van der Waals surface area (Å²) in [5, 5.41) is 11.7. The van der Waals surface area contributed by atoms with E-state index in [1.54, 1.807) is 55.1 Å². The molecule has 41 heavy (non-hydrogen) atoms. The van der Waals surface area contributed by atoms with Crippen LogP contribution >= 0.6 is 0 Å². The number of amides is 2. The molecule has 0 aliphatic heterocycles. The van der Waals surface area contributed by atoms with E-state index in [-0.39, 0.29) is 23.6 Å². The molecule has 1 heterocycles. The van der Waals surface area contributed by atoms with E-state index in [1.165, 1.54) is 11.8 Å². The lowest BCUT2D eigenvalue weighted by atomic mass is 9.94. The summed E-state index contributed by atoms with van der Waals surface area (Å²) in [6.45, 7) is 3.25. The van der Waals surface area contributed by atoms with Crippen molar-refractivity contribution < 1.29 is 19.1 Å². The number of aromatic nitrogens is 3. The maximum Gasteiger partial charge on any atom is 0.252 e. The van der Waals surface area contributed by atoms with Crippen LogP contribution in [0.15, 0.2) is 72.8 Å². The van der Waals surface area contributed by atoms with Crippen molar-refractivity contribution in [2.24, 2.45) is 0 Å². The van der Waals surface area contributed by atoms with E-state index in [9.17, 15) is 14.4 Å². The zero-order chi connectivity index (χ0) is 28.9. The first-order chi connectivity index (χ1) is 19.9. The van der Waals surface area contributed by atoms with E-state index < -0.39 is 12.1 Å². The van der Waals surface area contributed by atoms with Gasteiger partial charge >= 0.3 is 0 Å². The van der Waals surface area contributed by atoms with Crippen molar-refractivity contribution in [3.63, 3.8) is 0 Å². The van der Waals surface area contributed by atoms with Crippen LogP contribution in [0.3, 0.4) is 0 Å². The molecule has 1 aliphatic rings. The zero-order valence-electron chi connectivity index (χ0n) is 23.6. The van der Waals surface area contributed by atoms with Crippen LogP contribution in [0.1, 0.15) is 74.0 Å². The van der Waals surface area contributed by atoms with Gasteiger partial charge in [-0.1, -0.05) is 48.7 Å². The lowest BCUT2D eigenvalue weighted by Crippen LogP contribution is -2.49. The molecule has 3 aromatic carbocycles. The number of rotatable bonds is 9. The van der Waals surface area contributed by atoms with Crippen molar-refractivity contribution >= 4 is 34.3 Å². The normalized spacial score (nSPS) is 15.2. The molecule has 0 spiro atoms. The maximum atomic E-state index is 14.5. The third-order valence-corrected chi connectivity index (χ3v) is 7.78. The highest BCUT2D eigenvalue weighted by Gasteiger charge is 2.37. The number of methoxy groups -OCH3 is 1. The Labute approximate surface area is 239 Å². The van der Waals surface area contributed by atoms with Crippen molar-refractivity contribution in [3.05, 3.63) is 83.9 Å². The number of anilines is 1. The number of fused-ring (bicyclic) bond motifs is 1. The Bertz CT molecular complexity index is 1520. The monoisotopic (exact) mass is 553 g/mol. The molecule has 0 radical (unpaired) electrons. The molecule has 9 heteroatoms. The van der Waals surface area contributed by atoms with Crippen molar-refractivity contribution in [2.45, 2.75) is 64.1 Å². The highest BCUT2D eigenvalue weighted by molar-refractivity contribution is 6.04. The van der Waals surface area contributed by atoms with Crippen LogP contribution in [0, 0.1) is 0 Å². The third kappa shape index (κ3) is 5.99. The Kier molecular flexibility index (Phi) is 8.42. The summed E-state index contributed by atoms with van der Waals surface area (Å²) < 4.78 is 6.94. The molecule has 2 unspecified atom stereocenters. The summed E-state index contributed by atoms with van der Waals surface area (Å²) in [5.41, 5.74) is 3.04. The van der Waals surface area contributed by atoms with Gasteiger partial charge < -0.3 is 10.1 Å². The second-order valence-electron chi connectivity index (χ2n) is 10.5. The van der Waals surface area contributed by atoms with Gasteiger partial charge in [0.15, 0.2) is 5.78 Å². The second-order valence-corrected chi connectivity index (χ2v) is 10.5. The van der Waals surface area contributed by atoms with E-state index >= 15 is 0 Å². The third-order valence-electron chi connectivity index (χ3n) is 7.78. The average molecular weight is 554 g/mol. The van der Waals surface area contributed by atoms with Gasteiger partial charge in [0.2, 0.25) is 5.91 Å². The van der Waals surface area contributed by atoms with E-state index in [0.717, 1.165) is 32.1 Å². The maximum absolute atomic E-state index is 14.5. The fourth-order valence-electron chi connectivity index (χ4n) is 5.47. The van der Waals surface area contributed by atoms with Crippen LogP contribution in [0.2, 0.25) is 0 Å². The molecule has 5 rings (SSSR count). The first-order valence-corrected chi connectivity index (χ1v) is 14.1. The fraction of sp³-hybridized carbons (Fsp3) is 0.344. The predicted molar refractivity (Wildman–Crippen MR) is 157 cm³/mol. The molecule has 1 aliphatic carbocycles. The molecular formula is C32H35N5O4. The Morgan fingerprint density at radius 1 is 0.951 bits per heavy atom. The Hall–Kier alpha value is -4.53. The molecule has 2 atom stereocenters. The number of hydrogen-bond acceptors (Lipinski definition) is 6. The first-order valence-electron chi connectivity index (χ1n) is 14.1. The smallest absolute Gasteiger partial charge is 0.252 e. The van der Waals surface area contributed by atoms with Gasteiger partial charge in [-0.25, -0.2) is 4.68 Å². The van der Waals surface area contributed by atoms with Crippen LogP contribution in [-0.2, 0) is 9.59 Å². The number of carbonyl (C=O) groups excluding carboxylic acids is 3. The number of Topliss-reactive ketones (excluding diaryl/α,β-unsaturated/α-hetero) is 1. The predicted octanol–water partition coefficient (Wildman–Crippen LogP) is 5.43. The molecule has 0 bridgehead atoms. The van der Waals surface area contributed by atoms with E-state index in [1.807, 2.05) is 36.4 Å². The molecule has 2 amide bonds. The summed E-state index contributed by atoms with van der Waals surface area (Å²) in [7, 11) is 1.58. The number of ether oxygens (including phenoxy) is 1. The summed E-state index contributed by atoms with van der Waals surface area (Å²) in [6, 6.07) is 19.7. The van der Waals surface area contributed by atoms with Crippen molar-refractivity contribution in [2.75, 3.05) is 12.0 Å². The number of ketones is 1. The van der Waals surface area contributed by atoms with Crippen LogP contribution in [0.4, 0.5) is 5.69 Å². The highest BCUT2D eigenvalue weighted by Crippen LogP contribution is 2.33. The Morgan fingerprint density at radius 3 is 2.29 bits per heavy atom. The van der Waals surface area contributed by atoms with Gasteiger partial charge in [-0.15, -0.1) is 5.10 Å². The summed E-state index contributed by atoms with van der Waals surface area (Å²) in [5.74, 6) is -0.0393. The number of para-hydroxylation sites is 1. The minimum Gasteiger partial charge on any atom is -0.497 e. The van der Waals surface area contributed by atoms with Crippen LogP contribution in [-0.4, -0.2) is 45.7 Å². The van der Waals surface area contributed by atoms with Gasteiger partial charge in [-0.05, 0) is 80.8 Å². The van der Waals surface area contributed by atoms with Gasteiger partial charge in [-0.2, -0.15) is 0 Å². The number of hydrogen-bond donors (Lipinski definition) is 1. The average Bonchev–Trinajstić information content (AvgIpc) is 3.44. The molecule has 4 aromatic rings. The molecule has 9 nitrogen and oxygen atoms in total. The summed E-state index contributed by atoms with van der Waals surface area (Å²) >= 11 is 0. The largest absolute Gasteiger partial charge is 0.497 e. The second kappa shape index (κ2) is 12.3. The Balaban J connectivity index is 1.61. The van der Waals surface area contributed by atoms with Crippen molar-refractivity contribution in [1.82, 2.24) is 20.3 Å². The lowest BCUT2D eigenvalue weighted by molar-refractivity contribution is -0.128. The fourth-order valence-corrected chi connectivity index (χ4v) is 5.47. The van der Waals surface area contributed by atoms with Crippen molar-refractivity contribution in [1.29, 1.82) is 0 Å². The van der Waals surface area contributed by atoms with Crippen molar-refractivity contribution in [3.8, 4) is 5.75 Å². The van der Waals surface area contributed by atoms with Gasteiger partial charge in [0.1, 0.15) is 23.3 Å². The number of benzene rings is 3. The molecule has 1 fully saturated rings. The van der Waals surface area contributed by atoms with E-state index in [4.69, 9.17) is 4.74 Å². The molecule has 1 N–H and O–H groups in total. The van der Waals surface area contributed by atoms with Crippen LogP contribution < -0.4 is 15.0 Å². The van der Waals surface area contributed by atoms with E-state index in [2.05, 4.69) is 15.6 Å². The minimum absolute atomic E-state index is 0.0470. The van der Waals surface area contributed by atoms with Gasteiger partial charge in [0, 0.05) is 17.3 Å². The number of nitrogens with zero attached hydrogens (tertiary/aromatic N) is 4. The summed E-state index contributed by atoms with van der Waals surface area (Å²) in [6.07, 6.45) is 5.09. The van der Waals surface area contributed by atoms with Gasteiger partial charge in [0.05, 0.1) is 12.6 Å². The van der Waals surface area contributed by atoms with Crippen LogP contribution in [0.25, 0.3) is 11.0 Å². The molecule has 1 aromatic heterocycles. The first kappa shape index (κ1) is 28.0. The summed E-state index contributed by atoms with van der Waals surface area (Å²) in [4.78, 5) is 42.2. The molecular weight excluding hydrogens is 518 g/mol. The molecule has 212 valence electrons. The van der Waals surface area contributed by atoms with Gasteiger partial charge in [0.25, 0.3) is 5.91 Å². The minimum atomic E-state index is -0.976. The quantitative estimate of drug-likeness (QED) is 0.277. The zero-order valence-corrected chi connectivity index (χ0v) is 23.6. The highest BCUT2D eigenvalue weighted by atomic mass is 16.5. The number of nitrogens with one attached hydrogen (secondary N) is 1. The van der Waals surface area contributed by atoms with Crippen LogP contribution in [0.5, 0.6) is 5.75 Å². The molecule has 0 saturated heterocycles.